The third kappa shape index (κ3) is 2.09. The predicted molar refractivity (Wildman–Crippen MR) is 60.0 cm³/mol. The molecule has 2 nitrogen and oxygen atoms in total. The molecule has 0 saturated heterocycles. The number of halogens is 2. The predicted octanol–water partition coefficient (Wildman–Crippen LogP) is 3.35. The molecular formula is C12H7ClFNO. The van der Waals surface area contributed by atoms with Crippen molar-refractivity contribution in [3.05, 3.63) is 53.1 Å². The quantitative estimate of drug-likeness (QED) is 0.590. The second kappa shape index (κ2) is 4.41. The molecule has 0 amide bonds. The molecule has 0 N–H and O–H groups in total. The number of hydrogen-bond donors (Lipinski definition) is 0. The first kappa shape index (κ1) is 10.8. The van der Waals surface area contributed by atoms with E-state index in [4.69, 9.17) is 11.6 Å². The summed E-state index contributed by atoms with van der Waals surface area (Å²) in [6, 6.07) is 9.22. The molecule has 0 atom stereocenters. The molecule has 1 aromatic carbocycles. The van der Waals surface area contributed by atoms with E-state index in [1.54, 1.807) is 24.3 Å². The van der Waals surface area contributed by atoms with E-state index in [0.717, 1.165) is 0 Å². The maximum absolute atomic E-state index is 13.0. The molecule has 2 aromatic rings. The lowest BCUT2D eigenvalue weighted by Crippen LogP contribution is -1.90. The molecule has 0 spiro atoms. The second-order valence-corrected chi connectivity index (χ2v) is 3.56. The van der Waals surface area contributed by atoms with E-state index in [0.29, 0.717) is 17.4 Å². The van der Waals surface area contributed by atoms with Gasteiger partial charge >= 0.3 is 0 Å². The van der Waals surface area contributed by atoms with Crippen molar-refractivity contribution in [3.63, 3.8) is 0 Å². The van der Waals surface area contributed by atoms with Gasteiger partial charge in [-0.2, -0.15) is 0 Å². The minimum atomic E-state index is -0.340. The van der Waals surface area contributed by atoms with Crippen molar-refractivity contribution < 1.29 is 9.18 Å². The average molecular weight is 236 g/mol. The number of aromatic nitrogens is 1. The van der Waals surface area contributed by atoms with Gasteiger partial charge in [0.2, 0.25) is 0 Å². The number of carbonyl (C=O) groups is 1. The van der Waals surface area contributed by atoms with Crippen LogP contribution in [0.25, 0.3) is 11.1 Å². The minimum Gasteiger partial charge on any atom is -0.296 e. The fraction of sp³-hybridized carbons (Fsp3) is 0. The Kier molecular flexibility index (Phi) is 2.97. The summed E-state index contributed by atoms with van der Waals surface area (Å²) in [4.78, 5) is 14.4. The molecule has 4 heteroatoms. The fourth-order valence-electron chi connectivity index (χ4n) is 1.39. The van der Waals surface area contributed by atoms with Crippen molar-refractivity contribution in [2.45, 2.75) is 0 Å². The van der Waals surface area contributed by atoms with Gasteiger partial charge in [-0.1, -0.05) is 23.7 Å². The molecule has 0 fully saturated rings. The van der Waals surface area contributed by atoms with Gasteiger partial charge in [-0.05, 0) is 29.8 Å². The average Bonchev–Trinajstić information content (AvgIpc) is 2.28. The summed E-state index contributed by atoms with van der Waals surface area (Å²) in [7, 11) is 0. The van der Waals surface area contributed by atoms with E-state index in [2.05, 4.69) is 4.98 Å². The lowest BCUT2D eigenvalue weighted by Gasteiger charge is -2.04. The van der Waals surface area contributed by atoms with Gasteiger partial charge in [-0.25, -0.2) is 9.37 Å². The topological polar surface area (TPSA) is 30.0 Å². The zero-order chi connectivity index (χ0) is 11.5. The number of carbonyl (C=O) groups excluding carboxylic acids is 1. The molecular weight excluding hydrogens is 229 g/mol. The summed E-state index contributed by atoms with van der Waals surface area (Å²) < 4.78 is 13.0. The molecule has 0 saturated carbocycles. The molecule has 1 heterocycles. The highest BCUT2D eigenvalue weighted by Crippen LogP contribution is 2.26. The van der Waals surface area contributed by atoms with Crippen LogP contribution >= 0.6 is 11.6 Å². The van der Waals surface area contributed by atoms with E-state index >= 15 is 0 Å². The van der Waals surface area contributed by atoms with Gasteiger partial charge in [-0.3, -0.25) is 4.79 Å². The Bertz CT molecular complexity index is 542. The van der Waals surface area contributed by atoms with E-state index in [1.807, 2.05) is 0 Å². The van der Waals surface area contributed by atoms with Crippen LogP contribution in [0.4, 0.5) is 4.39 Å². The molecule has 0 bridgehead atoms. The van der Waals surface area contributed by atoms with E-state index in [9.17, 15) is 9.18 Å². The minimum absolute atomic E-state index is 0.190. The summed E-state index contributed by atoms with van der Waals surface area (Å²) in [5, 5.41) is 0.190. The molecule has 0 unspecified atom stereocenters. The van der Waals surface area contributed by atoms with Crippen LogP contribution in [0.2, 0.25) is 5.15 Å². The second-order valence-electron chi connectivity index (χ2n) is 3.20. The maximum Gasteiger partial charge on any atom is 0.168 e. The van der Waals surface area contributed by atoms with Crippen LogP contribution in [0.5, 0.6) is 0 Å². The summed E-state index contributed by atoms with van der Waals surface area (Å²) >= 11 is 5.90. The van der Waals surface area contributed by atoms with Gasteiger partial charge < -0.3 is 0 Å². The molecule has 80 valence electrons. The largest absolute Gasteiger partial charge is 0.296 e. The highest BCUT2D eigenvalue weighted by Gasteiger charge is 2.06. The van der Waals surface area contributed by atoms with Gasteiger partial charge in [0.25, 0.3) is 0 Å². The van der Waals surface area contributed by atoms with Crippen molar-refractivity contribution in [3.8, 4) is 11.1 Å². The number of benzene rings is 1. The molecule has 16 heavy (non-hydrogen) atoms. The first-order chi connectivity index (χ1) is 7.70. The smallest absolute Gasteiger partial charge is 0.168 e. The van der Waals surface area contributed by atoms with Crippen LogP contribution in [0.1, 0.15) is 10.5 Å². The number of aldehydes is 1. The van der Waals surface area contributed by atoms with Crippen LogP contribution in [0.3, 0.4) is 0 Å². The molecule has 2 rings (SSSR count). The Morgan fingerprint density at radius 1 is 1.25 bits per heavy atom. The molecule has 0 aliphatic rings. The Labute approximate surface area is 96.7 Å². The summed E-state index contributed by atoms with van der Waals surface area (Å²) in [6.07, 6.45) is 0.612. The van der Waals surface area contributed by atoms with Crippen molar-refractivity contribution in [1.29, 1.82) is 0 Å². The van der Waals surface area contributed by atoms with E-state index < -0.39 is 0 Å². The number of rotatable bonds is 2. The van der Waals surface area contributed by atoms with Gasteiger partial charge in [-0.15, -0.1) is 0 Å². The van der Waals surface area contributed by atoms with Crippen LogP contribution in [0, 0.1) is 5.82 Å². The van der Waals surface area contributed by atoms with Crippen molar-refractivity contribution in [1.82, 2.24) is 4.98 Å². The van der Waals surface area contributed by atoms with Crippen LogP contribution in [-0.2, 0) is 0 Å². The van der Waals surface area contributed by atoms with Crippen LogP contribution in [0.15, 0.2) is 36.4 Å². The maximum atomic E-state index is 13.0. The van der Waals surface area contributed by atoms with Crippen molar-refractivity contribution >= 4 is 17.9 Å². The monoisotopic (exact) mass is 235 g/mol. The van der Waals surface area contributed by atoms with Crippen molar-refractivity contribution in [2.75, 3.05) is 0 Å². The molecule has 0 radical (unpaired) electrons. The standard InChI is InChI=1S/C12H7ClFNO/c13-12-11(5-4-10(7-16)15-12)8-2-1-3-9(14)6-8/h1-7H. The molecule has 1 aromatic heterocycles. The first-order valence-electron chi connectivity index (χ1n) is 4.58. The summed E-state index contributed by atoms with van der Waals surface area (Å²) in [5.74, 6) is -0.340. The van der Waals surface area contributed by atoms with Crippen molar-refractivity contribution in [2.24, 2.45) is 0 Å². The van der Waals surface area contributed by atoms with Gasteiger partial charge in [0.1, 0.15) is 16.7 Å². The molecule has 0 aliphatic carbocycles. The highest BCUT2D eigenvalue weighted by molar-refractivity contribution is 6.32. The lowest BCUT2D eigenvalue weighted by molar-refractivity contribution is 0.111. The Hall–Kier alpha value is -1.74. The van der Waals surface area contributed by atoms with E-state index in [1.165, 1.54) is 12.1 Å². The third-order valence-electron chi connectivity index (χ3n) is 2.13. The zero-order valence-corrected chi connectivity index (χ0v) is 8.91. The summed E-state index contributed by atoms with van der Waals surface area (Å²) in [5.41, 5.74) is 1.49. The molecule has 0 aliphatic heterocycles. The third-order valence-corrected chi connectivity index (χ3v) is 2.41. The number of hydrogen-bond acceptors (Lipinski definition) is 2. The van der Waals surface area contributed by atoms with Gasteiger partial charge in [0.15, 0.2) is 6.29 Å². The Balaban J connectivity index is 2.52. The Morgan fingerprint density at radius 3 is 2.69 bits per heavy atom. The fourth-order valence-corrected chi connectivity index (χ4v) is 1.65. The Morgan fingerprint density at radius 2 is 2.06 bits per heavy atom. The normalized spacial score (nSPS) is 10.1. The lowest BCUT2D eigenvalue weighted by atomic mass is 10.1. The number of pyridine rings is 1. The first-order valence-corrected chi connectivity index (χ1v) is 4.96. The van der Waals surface area contributed by atoms with Gasteiger partial charge in [0, 0.05) is 5.56 Å². The number of nitrogens with zero attached hydrogens (tertiary/aromatic N) is 1. The van der Waals surface area contributed by atoms with Crippen LogP contribution < -0.4 is 0 Å². The SMILES string of the molecule is O=Cc1ccc(-c2cccc(F)c2)c(Cl)n1. The van der Waals surface area contributed by atoms with E-state index in [-0.39, 0.29) is 16.7 Å². The van der Waals surface area contributed by atoms with Crippen LogP contribution in [-0.4, -0.2) is 11.3 Å². The zero-order valence-electron chi connectivity index (χ0n) is 8.15. The highest BCUT2D eigenvalue weighted by atomic mass is 35.5. The van der Waals surface area contributed by atoms with Gasteiger partial charge in [0.05, 0.1) is 0 Å². The summed E-state index contributed by atoms with van der Waals surface area (Å²) in [6.45, 7) is 0.